The zero-order chi connectivity index (χ0) is 17.0. The molecular weight excluding hydrogens is 328 g/mol. The lowest BCUT2D eigenvalue weighted by Gasteiger charge is -2.35. The minimum absolute atomic E-state index is 0.490. The summed E-state index contributed by atoms with van der Waals surface area (Å²) in [6.45, 7) is 2.57. The van der Waals surface area contributed by atoms with Crippen molar-refractivity contribution in [2.24, 2.45) is 0 Å². The summed E-state index contributed by atoms with van der Waals surface area (Å²) < 4.78 is 8.90. The number of fused-ring (bicyclic) bond motifs is 3. The van der Waals surface area contributed by atoms with Crippen LogP contribution < -0.4 is 4.74 Å². The molecule has 1 aromatic carbocycles. The number of quaternary nitrogens is 1. The molecule has 1 atom stereocenters. The molecule has 0 N–H and O–H groups in total. The fourth-order valence-corrected chi connectivity index (χ4v) is 5.97. The summed E-state index contributed by atoms with van der Waals surface area (Å²) in [4.78, 5) is 1.53. The Kier molecular flexibility index (Phi) is 3.34. The lowest BCUT2D eigenvalue weighted by molar-refractivity contribution is -0.921. The van der Waals surface area contributed by atoms with Crippen LogP contribution in [0.25, 0.3) is 16.8 Å². The third-order valence-corrected chi connectivity index (χ3v) is 6.98. The molecule has 4 heterocycles. The van der Waals surface area contributed by atoms with Gasteiger partial charge in [-0.05, 0) is 29.8 Å². The SMILES string of the molecule is COc1ccc(-c2csc3c2-n2cccc2C3[N+]2(C)CCCC2)cc1. The Bertz CT molecular complexity index is 916. The second kappa shape index (κ2) is 5.48. The third kappa shape index (κ3) is 2.14. The summed E-state index contributed by atoms with van der Waals surface area (Å²) in [7, 11) is 4.16. The standard InChI is InChI=1S/C21H23N2OS/c1-23(12-3-4-13-23)20-18-6-5-11-22(18)19-17(14-25-21(19)20)15-7-9-16(24-2)10-8-15/h5-11,14,20H,3-4,12-13H2,1-2H3/q+1. The highest BCUT2D eigenvalue weighted by molar-refractivity contribution is 7.11. The van der Waals surface area contributed by atoms with Crippen LogP contribution in [0.1, 0.15) is 29.5 Å². The number of nitrogens with zero attached hydrogens (tertiary/aromatic N) is 2. The first-order chi connectivity index (χ1) is 12.2. The third-order valence-electron chi connectivity index (χ3n) is 5.95. The Hall–Kier alpha value is -2.04. The van der Waals surface area contributed by atoms with Crippen molar-refractivity contribution >= 4 is 11.3 Å². The van der Waals surface area contributed by atoms with Gasteiger partial charge in [-0.3, -0.25) is 0 Å². The van der Waals surface area contributed by atoms with Crippen molar-refractivity contribution in [3.8, 4) is 22.6 Å². The Labute approximate surface area is 152 Å². The number of likely N-dealkylation sites (tertiary alicyclic amines) is 1. The Morgan fingerprint density at radius 1 is 1.12 bits per heavy atom. The second-order valence-corrected chi connectivity index (χ2v) is 8.34. The molecule has 1 fully saturated rings. The molecule has 3 nitrogen and oxygen atoms in total. The normalized spacial score (nSPS) is 20.5. The monoisotopic (exact) mass is 351 g/mol. The van der Waals surface area contributed by atoms with Crippen LogP contribution >= 0.6 is 11.3 Å². The predicted molar refractivity (Wildman–Crippen MR) is 103 cm³/mol. The van der Waals surface area contributed by atoms with Crippen molar-refractivity contribution in [3.05, 3.63) is 58.5 Å². The number of aromatic nitrogens is 1. The van der Waals surface area contributed by atoms with Gasteiger partial charge in [0.15, 0.2) is 6.04 Å². The van der Waals surface area contributed by atoms with Crippen molar-refractivity contribution in [1.82, 2.24) is 4.57 Å². The van der Waals surface area contributed by atoms with Gasteiger partial charge in [-0.25, -0.2) is 0 Å². The van der Waals surface area contributed by atoms with Crippen molar-refractivity contribution in [2.45, 2.75) is 18.9 Å². The number of hydrogen-bond acceptors (Lipinski definition) is 2. The van der Waals surface area contributed by atoms with Crippen LogP contribution in [0.4, 0.5) is 0 Å². The molecule has 2 aliphatic rings. The minimum atomic E-state index is 0.490. The van der Waals surface area contributed by atoms with E-state index in [-0.39, 0.29) is 0 Å². The largest absolute Gasteiger partial charge is 0.497 e. The van der Waals surface area contributed by atoms with Gasteiger partial charge in [0.2, 0.25) is 0 Å². The van der Waals surface area contributed by atoms with Crippen molar-refractivity contribution < 1.29 is 9.22 Å². The summed E-state index contributed by atoms with van der Waals surface area (Å²) in [6, 6.07) is 13.4. The van der Waals surface area contributed by atoms with Gasteiger partial charge < -0.3 is 13.8 Å². The molecule has 5 rings (SSSR count). The molecule has 4 heteroatoms. The van der Waals surface area contributed by atoms with Gasteiger partial charge in [0.1, 0.15) is 5.75 Å². The lowest BCUT2D eigenvalue weighted by Crippen LogP contribution is -2.43. The van der Waals surface area contributed by atoms with E-state index in [0.29, 0.717) is 6.04 Å². The van der Waals surface area contributed by atoms with Crippen LogP contribution in [0.5, 0.6) is 5.75 Å². The van der Waals surface area contributed by atoms with Gasteiger partial charge in [0.25, 0.3) is 0 Å². The summed E-state index contributed by atoms with van der Waals surface area (Å²) in [6.07, 6.45) is 4.93. The van der Waals surface area contributed by atoms with E-state index in [2.05, 4.69) is 59.6 Å². The number of thiophene rings is 1. The van der Waals surface area contributed by atoms with E-state index < -0.39 is 0 Å². The smallest absolute Gasteiger partial charge is 0.167 e. The molecule has 2 aliphatic heterocycles. The maximum Gasteiger partial charge on any atom is 0.167 e. The highest BCUT2D eigenvalue weighted by atomic mass is 32.1. The molecule has 0 aliphatic carbocycles. The molecule has 1 unspecified atom stereocenters. The zero-order valence-corrected chi connectivity index (χ0v) is 15.6. The van der Waals surface area contributed by atoms with Gasteiger partial charge in [0.05, 0.1) is 43.5 Å². The first-order valence-electron chi connectivity index (χ1n) is 8.99. The number of rotatable bonds is 3. The number of benzene rings is 1. The maximum atomic E-state index is 5.32. The predicted octanol–water partition coefficient (Wildman–Crippen LogP) is 4.86. The molecular formula is C21H23N2OS+. The van der Waals surface area contributed by atoms with E-state index in [1.165, 1.54) is 53.3 Å². The highest BCUT2D eigenvalue weighted by Crippen LogP contribution is 2.51. The Morgan fingerprint density at radius 3 is 2.60 bits per heavy atom. The minimum Gasteiger partial charge on any atom is -0.497 e. The van der Waals surface area contributed by atoms with Crippen molar-refractivity contribution in [3.63, 3.8) is 0 Å². The molecule has 0 amide bonds. The van der Waals surface area contributed by atoms with Crippen LogP contribution in [-0.2, 0) is 0 Å². The van der Waals surface area contributed by atoms with Gasteiger partial charge in [-0.15, -0.1) is 11.3 Å². The fraction of sp³-hybridized carbons (Fsp3) is 0.333. The topological polar surface area (TPSA) is 14.2 Å². The van der Waals surface area contributed by atoms with Crippen LogP contribution in [0, 0.1) is 0 Å². The molecule has 1 saturated heterocycles. The van der Waals surface area contributed by atoms with E-state index in [0.717, 1.165) is 10.2 Å². The van der Waals surface area contributed by atoms with E-state index in [9.17, 15) is 0 Å². The number of methoxy groups -OCH3 is 1. The first kappa shape index (κ1) is 15.2. The summed E-state index contributed by atoms with van der Waals surface area (Å²) in [5.74, 6) is 0.908. The van der Waals surface area contributed by atoms with Gasteiger partial charge in [-0.2, -0.15) is 0 Å². The van der Waals surface area contributed by atoms with Gasteiger partial charge in [0, 0.05) is 30.0 Å². The van der Waals surface area contributed by atoms with Crippen molar-refractivity contribution in [2.75, 3.05) is 27.2 Å². The number of ether oxygens (including phenoxy) is 1. The van der Waals surface area contributed by atoms with Crippen molar-refractivity contribution in [1.29, 1.82) is 0 Å². The average molecular weight is 351 g/mol. The maximum absolute atomic E-state index is 5.32. The molecule has 0 bridgehead atoms. The molecule has 128 valence electrons. The van der Waals surface area contributed by atoms with Crippen LogP contribution in [0.2, 0.25) is 0 Å². The Morgan fingerprint density at radius 2 is 1.88 bits per heavy atom. The van der Waals surface area contributed by atoms with Crippen LogP contribution in [-0.4, -0.2) is 36.3 Å². The molecule has 2 aromatic heterocycles. The van der Waals surface area contributed by atoms with E-state index in [4.69, 9.17) is 4.74 Å². The summed E-state index contributed by atoms with van der Waals surface area (Å²) in [5, 5.41) is 2.34. The van der Waals surface area contributed by atoms with E-state index in [1.54, 1.807) is 7.11 Å². The summed E-state index contributed by atoms with van der Waals surface area (Å²) >= 11 is 1.93. The second-order valence-electron chi connectivity index (χ2n) is 7.43. The van der Waals surface area contributed by atoms with Gasteiger partial charge >= 0.3 is 0 Å². The van der Waals surface area contributed by atoms with Crippen LogP contribution in [0.15, 0.2) is 48.0 Å². The fourth-order valence-electron chi connectivity index (χ4n) is 4.66. The molecule has 0 saturated carbocycles. The molecule has 25 heavy (non-hydrogen) atoms. The highest BCUT2D eigenvalue weighted by Gasteiger charge is 2.46. The first-order valence-corrected chi connectivity index (χ1v) is 9.87. The van der Waals surface area contributed by atoms with E-state index in [1.807, 2.05) is 11.3 Å². The summed E-state index contributed by atoms with van der Waals surface area (Å²) in [5.41, 5.74) is 5.46. The van der Waals surface area contributed by atoms with E-state index >= 15 is 0 Å². The quantitative estimate of drug-likeness (QED) is 0.615. The van der Waals surface area contributed by atoms with Gasteiger partial charge in [-0.1, -0.05) is 12.1 Å². The Balaban J connectivity index is 1.66. The zero-order valence-electron chi connectivity index (χ0n) is 14.7. The van der Waals surface area contributed by atoms with Crippen LogP contribution in [0.3, 0.4) is 0 Å². The molecule has 0 spiro atoms. The average Bonchev–Trinajstić information content (AvgIpc) is 3.37. The molecule has 3 aromatic rings. The number of hydrogen-bond donors (Lipinski definition) is 0. The lowest BCUT2D eigenvalue weighted by atomic mass is 10.1. The molecule has 0 radical (unpaired) electrons.